The Labute approximate surface area is 156 Å². The van der Waals surface area contributed by atoms with Crippen LogP contribution in [0.15, 0.2) is 58.7 Å². The molecule has 2 aromatic carbocycles. The number of nitrogens with one attached hydrogen (secondary N) is 2. The van der Waals surface area contributed by atoms with Crippen molar-refractivity contribution in [3.63, 3.8) is 0 Å². The number of benzene rings is 2. The lowest BCUT2D eigenvalue weighted by molar-refractivity contribution is -0.135. The number of hydrogen-bond acceptors (Lipinski definition) is 6. The van der Waals surface area contributed by atoms with Gasteiger partial charge in [-0.2, -0.15) is 10.2 Å². The van der Waals surface area contributed by atoms with Crippen molar-refractivity contribution >= 4 is 24.2 Å². The van der Waals surface area contributed by atoms with Crippen LogP contribution in [-0.4, -0.2) is 34.5 Å². The largest absolute Gasteiger partial charge is 0.507 e. The van der Waals surface area contributed by atoms with Crippen molar-refractivity contribution < 1.29 is 19.8 Å². The van der Waals surface area contributed by atoms with Crippen molar-refractivity contribution in [2.45, 2.75) is 13.3 Å². The Hall–Kier alpha value is -3.68. The Balaban J connectivity index is 1.92. The highest BCUT2D eigenvalue weighted by Crippen LogP contribution is 2.13. The Morgan fingerprint density at radius 2 is 1.30 bits per heavy atom. The number of nitrogens with zero attached hydrogens (tertiary/aromatic N) is 2. The molecule has 8 nitrogen and oxygen atoms in total. The van der Waals surface area contributed by atoms with Gasteiger partial charge in [0.2, 0.25) is 0 Å². The second-order valence-corrected chi connectivity index (χ2v) is 5.55. The van der Waals surface area contributed by atoms with E-state index in [1.807, 2.05) is 0 Å². The van der Waals surface area contributed by atoms with Crippen molar-refractivity contribution in [1.82, 2.24) is 10.9 Å². The maximum absolute atomic E-state index is 12.1. The van der Waals surface area contributed by atoms with E-state index in [1.165, 1.54) is 24.6 Å². The fourth-order valence-corrected chi connectivity index (χ4v) is 2.17. The summed E-state index contributed by atoms with van der Waals surface area (Å²) in [6.45, 7) is 1.68. The zero-order valence-electron chi connectivity index (χ0n) is 14.7. The number of carbonyl (C=O) groups excluding carboxylic acids is 2. The molecule has 0 aliphatic rings. The number of aromatic hydroxyl groups is 2. The Bertz CT molecular complexity index is 795. The van der Waals surface area contributed by atoms with Crippen molar-refractivity contribution in [2.75, 3.05) is 0 Å². The van der Waals surface area contributed by atoms with Gasteiger partial charge in [-0.3, -0.25) is 9.59 Å². The van der Waals surface area contributed by atoms with Gasteiger partial charge in [-0.25, -0.2) is 10.9 Å². The zero-order valence-corrected chi connectivity index (χ0v) is 14.7. The Morgan fingerprint density at radius 1 is 0.889 bits per heavy atom. The number of phenols is 2. The number of rotatable bonds is 7. The summed E-state index contributed by atoms with van der Waals surface area (Å²) in [4.78, 5) is 24.3. The van der Waals surface area contributed by atoms with Crippen LogP contribution in [0.25, 0.3) is 0 Å². The topological polar surface area (TPSA) is 123 Å². The number of phenolic OH excluding ortho intramolecular Hbond substituents is 2. The van der Waals surface area contributed by atoms with E-state index >= 15 is 0 Å². The third-order valence-electron chi connectivity index (χ3n) is 3.67. The molecule has 0 unspecified atom stereocenters. The summed E-state index contributed by atoms with van der Waals surface area (Å²) in [5.74, 6) is -2.13. The summed E-state index contributed by atoms with van der Waals surface area (Å²) in [7, 11) is 0. The predicted octanol–water partition coefficient (Wildman–Crippen LogP) is 1.72. The summed E-state index contributed by atoms with van der Waals surface area (Å²) in [5, 5.41) is 26.8. The lowest BCUT2D eigenvalue weighted by atomic mass is 10.1. The third-order valence-corrected chi connectivity index (χ3v) is 3.67. The molecular formula is C19H20N4O4. The summed E-state index contributed by atoms with van der Waals surface area (Å²) in [6, 6.07) is 13.0. The first-order valence-corrected chi connectivity index (χ1v) is 8.24. The Morgan fingerprint density at radius 3 is 1.67 bits per heavy atom. The molecule has 0 aliphatic heterocycles. The molecule has 0 radical (unpaired) electrons. The van der Waals surface area contributed by atoms with Crippen molar-refractivity contribution in [1.29, 1.82) is 0 Å². The van der Waals surface area contributed by atoms with E-state index in [0.29, 0.717) is 11.1 Å². The van der Waals surface area contributed by atoms with Gasteiger partial charge in [0.25, 0.3) is 11.8 Å². The van der Waals surface area contributed by atoms with Gasteiger partial charge < -0.3 is 10.2 Å². The number of amides is 2. The molecule has 0 bridgehead atoms. The van der Waals surface area contributed by atoms with Crippen LogP contribution in [0, 0.1) is 5.92 Å². The number of para-hydroxylation sites is 2. The zero-order chi connectivity index (χ0) is 19.6. The van der Waals surface area contributed by atoms with Crippen molar-refractivity contribution in [2.24, 2.45) is 16.1 Å². The number of hydrogen-bond donors (Lipinski definition) is 4. The van der Waals surface area contributed by atoms with E-state index in [1.54, 1.807) is 43.3 Å². The molecule has 0 spiro atoms. The Kier molecular flexibility index (Phi) is 7.07. The molecule has 0 saturated heterocycles. The predicted molar refractivity (Wildman–Crippen MR) is 101 cm³/mol. The number of hydrazone groups is 2. The standard InChI is InChI=1S/C19H20N4O4/c1-2-15(18(26)22-20-11-13-7-3-5-9-16(13)24)19(27)23-21-12-14-8-4-6-10-17(14)25/h3-12,15,24-25H,2H2,1H3,(H,22,26)(H,23,27)/b20-11-,21-12-. The lowest BCUT2D eigenvalue weighted by Crippen LogP contribution is -2.37. The molecule has 0 fully saturated rings. The van der Waals surface area contributed by atoms with E-state index in [0.717, 1.165) is 0 Å². The molecule has 0 aliphatic carbocycles. The van der Waals surface area contributed by atoms with Gasteiger partial charge in [-0.05, 0) is 30.7 Å². The van der Waals surface area contributed by atoms with Crippen LogP contribution >= 0.6 is 0 Å². The highest BCUT2D eigenvalue weighted by atomic mass is 16.3. The van der Waals surface area contributed by atoms with Crippen LogP contribution in [-0.2, 0) is 9.59 Å². The lowest BCUT2D eigenvalue weighted by Gasteiger charge is -2.10. The molecule has 0 heterocycles. The average molecular weight is 368 g/mol. The molecule has 0 saturated carbocycles. The number of carbonyl (C=O) groups is 2. The highest BCUT2D eigenvalue weighted by Gasteiger charge is 2.24. The van der Waals surface area contributed by atoms with Crippen LogP contribution in [0.1, 0.15) is 24.5 Å². The first-order valence-electron chi connectivity index (χ1n) is 8.24. The van der Waals surface area contributed by atoms with E-state index in [4.69, 9.17) is 0 Å². The molecule has 0 atom stereocenters. The van der Waals surface area contributed by atoms with Gasteiger partial charge in [-0.1, -0.05) is 31.2 Å². The van der Waals surface area contributed by atoms with Gasteiger partial charge in [-0.15, -0.1) is 0 Å². The minimum absolute atomic E-state index is 0.0267. The molecular weight excluding hydrogens is 348 g/mol. The maximum atomic E-state index is 12.1. The van der Waals surface area contributed by atoms with Gasteiger partial charge in [0.05, 0.1) is 12.4 Å². The van der Waals surface area contributed by atoms with Crippen molar-refractivity contribution in [3.8, 4) is 11.5 Å². The van der Waals surface area contributed by atoms with Gasteiger partial charge in [0.1, 0.15) is 17.4 Å². The normalized spacial score (nSPS) is 11.2. The van der Waals surface area contributed by atoms with Gasteiger partial charge in [0.15, 0.2) is 0 Å². The fraction of sp³-hybridized carbons (Fsp3) is 0.158. The molecule has 2 aromatic rings. The first-order chi connectivity index (χ1) is 13.0. The average Bonchev–Trinajstić information content (AvgIpc) is 2.65. The molecule has 2 amide bonds. The quantitative estimate of drug-likeness (QED) is 0.337. The van der Waals surface area contributed by atoms with E-state index < -0.39 is 17.7 Å². The van der Waals surface area contributed by atoms with Crippen LogP contribution in [0.2, 0.25) is 0 Å². The minimum atomic E-state index is -0.993. The SMILES string of the molecule is CCC(C(=O)N/N=C\c1ccccc1O)C(=O)N/N=C\c1ccccc1O. The molecule has 8 heteroatoms. The second kappa shape index (κ2) is 9.71. The summed E-state index contributed by atoms with van der Waals surface area (Å²) in [6.07, 6.45) is 2.82. The molecule has 0 aromatic heterocycles. The molecule has 27 heavy (non-hydrogen) atoms. The van der Waals surface area contributed by atoms with Gasteiger partial charge >= 0.3 is 0 Å². The summed E-state index contributed by atoms with van der Waals surface area (Å²) in [5.41, 5.74) is 5.41. The fourth-order valence-electron chi connectivity index (χ4n) is 2.17. The first kappa shape index (κ1) is 19.6. The smallest absolute Gasteiger partial charge is 0.252 e. The molecule has 140 valence electrons. The molecule has 2 rings (SSSR count). The summed E-state index contributed by atoms with van der Waals surface area (Å²) >= 11 is 0. The van der Waals surface area contributed by atoms with E-state index in [-0.39, 0.29) is 17.9 Å². The van der Waals surface area contributed by atoms with Crippen LogP contribution in [0.4, 0.5) is 0 Å². The molecule has 4 N–H and O–H groups in total. The van der Waals surface area contributed by atoms with Crippen LogP contribution in [0.3, 0.4) is 0 Å². The summed E-state index contributed by atoms with van der Waals surface area (Å²) < 4.78 is 0. The van der Waals surface area contributed by atoms with E-state index in [9.17, 15) is 19.8 Å². The van der Waals surface area contributed by atoms with Crippen LogP contribution in [0.5, 0.6) is 11.5 Å². The third kappa shape index (κ3) is 5.67. The minimum Gasteiger partial charge on any atom is -0.507 e. The van der Waals surface area contributed by atoms with Crippen molar-refractivity contribution in [3.05, 3.63) is 59.7 Å². The second-order valence-electron chi connectivity index (χ2n) is 5.55. The highest BCUT2D eigenvalue weighted by molar-refractivity contribution is 6.00. The van der Waals surface area contributed by atoms with E-state index in [2.05, 4.69) is 21.1 Å². The monoisotopic (exact) mass is 368 g/mol. The van der Waals surface area contributed by atoms with Gasteiger partial charge in [0, 0.05) is 11.1 Å². The maximum Gasteiger partial charge on any atom is 0.252 e. The van der Waals surface area contributed by atoms with Crippen LogP contribution < -0.4 is 10.9 Å².